The summed E-state index contributed by atoms with van der Waals surface area (Å²) in [6.07, 6.45) is -0.277. The third-order valence-corrected chi connectivity index (χ3v) is 6.49. The van der Waals surface area contributed by atoms with E-state index >= 15 is 0 Å². The Labute approximate surface area is 176 Å². The molecule has 4 rings (SSSR count). The summed E-state index contributed by atoms with van der Waals surface area (Å²) in [6.45, 7) is 7.13. The summed E-state index contributed by atoms with van der Waals surface area (Å²) in [7, 11) is 0. The Kier molecular flexibility index (Phi) is 7.35. The number of aliphatic carboxylic acids is 1. The number of nitrogens with zero attached hydrogens (tertiary/aromatic N) is 3. The lowest BCUT2D eigenvalue weighted by Crippen LogP contribution is -2.47. The molecule has 1 amide bonds. The van der Waals surface area contributed by atoms with Crippen LogP contribution in [0.15, 0.2) is 10.9 Å². The smallest absolute Gasteiger partial charge is 0.475 e. The number of aromatic nitrogens is 1. The van der Waals surface area contributed by atoms with Crippen LogP contribution in [0.2, 0.25) is 0 Å². The summed E-state index contributed by atoms with van der Waals surface area (Å²) in [5.74, 6) is -1.93. The predicted octanol–water partition coefficient (Wildman–Crippen LogP) is 2.74. The Morgan fingerprint density at radius 2 is 2.07 bits per heavy atom. The fraction of sp³-hybridized carbons (Fsp3) is 0.737. The van der Waals surface area contributed by atoms with E-state index in [1.165, 1.54) is 43.7 Å². The minimum absolute atomic E-state index is 0.118. The van der Waals surface area contributed by atoms with E-state index in [9.17, 15) is 18.0 Å². The summed E-state index contributed by atoms with van der Waals surface area (Å²) < 4.78 is 37.2. The second kappa shape index (κ2) is 9.61. The minimum Gasteiger partial charge on any atom is -0.475 e. The Morgan fingerprint density at radius 3 is 2.67 bits per heavy atom. The van der Waals surface area contributed by atoms with Gasteiger partial charge in [0.25, 0.3) is 5.91 Å². The van der Waals surface area contributed by atoms with Crippen LogP contribution in [0.3, 0.4) is 0 Å². The Balaban J connectivity index is 0.000000318. The number of hydrogen-bond acceptors (Lipinski definition) is 6. The first-order valence-corrected chi connectivity index (χ1v) is 10.9. The van der Waals surface area contributed by atoms with Crippen molar-refractivity contribution >= 4 is 23.2 Å². The molecule has 3 fully saturated rings. The predicted molar refractivity (Wildman–Crippen MR) is 103 cm³/mol. The fourth-order valence-electron chi connectivity index (χ4n) is 4.47. The topological polar surface area (TPSA) is 83.0 Å². The van der Waals surface area contributed by atoms with Gasteiger partial charge in [-0.05, 0) is 38.1 Å². The minimum atomic E-state index is -5.08. The van der Waals surface area contributed by atoms with Crippen molar-refractivity contribution in [2.24, 2.45) is 11.3 Å². The van der Waals surface area contributed by atoms with Gasteiger partial charge in [0.05, 0.1) is 12.1 Å². The number of thiazole rings is 1. The van der Waals surface area contributed by atoms with Crippen LogP contribution in [0.5, 0.6) is 0 Å². The van der Waals surface area contributed by atoms with Gasteiger partial charge in [0.1, 0.15) is 5.69 Å². The van der Waals surface area contributed by atoms with Crippen LogP contribution >= 0.6 is 11.3 Å². The lowest BCUT2D eigenvalue weighted by molar-refractivity contribution is -0.192. The first-order chi connectivity index (χ1) is 14.2. The molecule has 3 aliphatic heterocycles. The molecule has 3 aliphatic rings. The van der Waals surface area contributed by atoms with E-state index in [0.29, 0.717) is 17.0 Å². The first-order valence-electron chi connectivity index (χ1n) is 9.96. The molecule has 2 atom stereocenters. The zero-order chi connectivity index (χ0) is 21.8. The highest BCUT2D eigenvalue weighted by Gasteiger charge is 2.43. The SMILES string of the molecule is O=C(O)C(F)(F)F.O=C(c1cscn1)N1CCCC2(CCN(CC3CCOC3)C2)C1. The molecule has 1 aromatic rings. The zero-order valence-electron chi connectivity index (χ0n) is 16.6. The van der Waals surface area contributed by atoms with Crippen LogP contribution in [-0.2, 0) is 9.53 Å². The number of hydrogen-bond donors (Lipinski definition) is 1. The molecule has 2 unspecified atom stereocenters. The van der Waals surface area contributed by atoms with Crippen LogP contribution in [0.4, 0.5) is 13.2 Å². The maximum Gasteiger partial charge on any atom is 0.490 e. The quantitative estimate of drug-likeness (QED) is 0.764. The first kappa shape index (κ1) is 23.0. The Hall–Kier alpha value is -1.72. The van der Waals surface area contributed by atoms with Crippen molar-refractivity contribution in [1.82, 2.24) is 14.8 Å². The highest BCUT2D eigenvalue weighted by atomic mass is 32.1. The van der Waals surface area contributed by atoms with Crippen molar-refractivity contribution in [1.29, 1.82) is 0 Å². The van der Waals surface area contributed by atoms with E-state index in [4.69, 9.17) is 14.6 Å². The summed E-state index contributed by atoms with van der Waals surface area (Å²) in [5.41, 5.74) is 2.67. The molecular formula is C19H26F3N3O4S. The van der Waals surface area contributed by atoms with E-state index in [1.807, 2.05) is 10.3 Å². The molecule has 1 N–H and O–H groups in total. The molecule has 30 heavy (non-hydrogen) atoms. The third kappa shape index (κ3) is 5.92. The molecule has 0 aromatic carbocycles. The fourth-order valence-corrected chi connectivity index (χ4v) is 5.00. The maximum atomic E-state index is 12.6. The Morgan fingerprint density at radius 1 is 1.30 bits per heavy atom. The molecule has 0 aliphatic carbocycles. The van der Waals surface area contributed by atoms with Crippen LogP contribution in [0.1, 0.15) is 36.2 Å². The van der Waals surface area contributed by atoms with Crippen molar-refractivity contribution < 1.29 is 32.6 Å². The highest BCUT2D eigenvalue weighted by Crippen LogP contribution is 2.39. The summed E-state index contributed by atoms with van der Waals surface area (Å²) in [6, 6.07) is 0. The molecule has 0 bridgehead atoms. The van der Waals surface area contributed by atoms with E-state index in [2.05, 4.69) is 9.88 Å². The van der Waals surface area contributed by atoms with Gasteiger partial charge >= 0.3 is 12.1 Å². The van der Waals surface area contributed by atoms with Crippen molar-refractivity contribution in [3.05, 3.63) is 16.6 Å². The number of alkyl halides is 3. The number of halogens is 3. The number of carbonyl (C=O) groups is 2. The van der Waals surface area contributed by atoms with Gasteiger partial charge in [-0.15, -0.1) is 11.3 Å². The van der Waals surface area contributed by atoms with E-state index in [1.54, 1.807) is 5.51 Å². The highest BCUT2D eigenvalue weighted by molar-refractivity contribution is 7.07. The summed E-state index contributed by atoms with van der Waals surface area (Å²) in [5, 5.41) is 8.99. The van der Waals surface area contributed by atoms with Gasteiger partial charge < -0.3 is 19.6 Å². The molecule has 0 radical (unpaired) electrons. The second-order valence-electron chi connectivity index (χ2n) is 8.22. The largest absolute Gasteiger partial charge is 0.490 e. The number of piperidine rings is 1. The molecule has 1 aromatic heterocycles. The number of likely N-dealkylation sites (tertiary alicyclic amines) is 2. The van der Waals surface area contributed by atoms with Crippen LogP contribution in [0.25, 0.3) is 0 Å². The monoisotopic (exact) mass is 449 g/mol. The van der Waals surface area contributed by atoms with Crippen LogP contribution in [-0.4, -0.2) is 83.9 Å². The lowest BCUT2D eigenvalue weighted by Gasteiger charge is -2.40. The number of ether oxygens (including phenoxy) is 1. The zero-order valence-corrected chi connectivity index (χ0v) is 17.4. The molecule has 4 heterocycles. The van der Waals surface area contributed by atoms with Crippen LogP contribution in [0, 0.1) is 11.3 Å². The standard InChI is InChI=1S/C17H25N3O2S.C2HF3O2/c21-16(15-10-23-13-18-15)20-5-1-3-17(12-20)4-6-19(11-17)8-14-2-7-22-9-14;3-2(4,5)1(6)7/h10,13-14H,1-9,11-12H2;(H,6,7). The number of rotatable bonds is 3. The van der Waals surface area contributed by atoms with E-state index in [-0.39, 0.29) is 5.91 Å². The molecule has 7 nitrogen and oxygen atoms in total. The van der Waals surface area contributed by atoms with Crippen molar-refractivity contribution in [3.8, 4) is 0 Å². The maximum absolute atomic E-state index is 12.6. The third-order valence-electron chi connectivity index (χ3n) is 5.90. The van der Waals surface area contributed by atoms with Gasteiger partial charge in [-0.1, -0.05) is 0 Å². The molecule has 11 heteroatoms. The van der Waals surface area contributed by atoms with Gasteiger partial charge in [-0.2, -0.15) is 13.2 Å². The van der Waals surface area contributed by atoms with Crippen molar-refractivity contribution in [2.45, 2.75) is 31.9 Å². The van der Waals surface area contributed by atoms with Gasteiger partial charge in [0, 0.05) is 43.6 Å². The van der Waals surface area contributed by atoms with Gasteiger partial charge in [-0.25, -0.2) is 9.78 Å². The molecular weight excluding hydrogens is 423 g/mol. The Bertz CT molecular complexity index is 725. The number of carboxylic acid groups (broad SMARTS) is 1. The lowest BCUT2D eigenvalue weighted by atomic mass is 9.79. The molecule has 0 saturated carbocycles. The van der Waals surface area contributed by atoms with Gasteiger partial charge in [0.2, 0.25) is 0 Å². The van der Waals surface area contributed by atoms with Gasteiger partial charge in [-0.3, -0.25) is 4.79 Å². The van der Waals surface area contributed by atoms with E-state index in [0.717, 1.165) is 39.3 Å². The average Bonchev–Trinajstić information content (AvgIpc) is 3.44. The summed E-state index contributed by atoms with van der Waals surface area (Å²) in [4.78, 5) is 30.3. The van der Waals surface area contributed by atoms with Crippen LogP contribution < -0.4 is 0 Å². The van der Waals surface area contributed by atoms with Crippen molar-refractivity contribution in [2.75, 3.05) is 45.9 Å². The normalized spacial score (nSPS) is 27.2. The second-order valence-corrected chi connectivity index (χ2v) is 8.94. The number of carboxylic acids is 1. The number of amides is 1. The number of carbonyl (C=O) groups excluding carboxylic acids is 1. The average molecular weight is 449 g/mol. The molecule has 168 valence electrons. The van der Waals surface area contributed by atoms with Gasteiger partial charge in [0.15, 0.2) is 0 Å². The van der Waals surface area contributed by atoms with E-state index < -0.39 is 12.1 Å². The summed E-state index contributed by atoms with van der Waals surface area (Å²) >= 11 is 1.50. The molecule has 3 saturated heterocycles. The molecule has 1 spiro atoms. The van der Waals surface area contributed by atoms with Crippen molar-refractivity contribution in [3.63, 3.8) is 0 Å².